The number of carbonyl (C=O) groups is 1. The number of carboxylic acid groups (broad SMARTS) is 1. The van der Waals surface area contributed by atoms with Crippen molar-refractivity contribution in [1.29, 1.82) is 0 Å². The van der Waals surface area contributed by atoms with Crippen LogP contribution in [-0.2, 0) is 11.2 Å². The first-order chi connectivity index (χ1) is 13.6. The molecule has 0 aliphatic heterocycles. The lowest BCUT2D eigenvalue weighted by Gasteiger charge is -2.16. The van der Waals surface area contributed by atoms with Gasteiger partial charge in [0.2, 0.25) is 0 Å². The number of unbranched alkanes of at least 4 members (excludes halogenated alkanes) is 2. The van der Waals surface area contributed by atoms with Crippen LogP contribution in [0.25, 0.3) is 0 Å². The first-order valence-electron chi connectivity index (χ1n) is 9.84. The molecular weight excluding hydrogens is 356 g/mol. The van der Waals surface area contributed by atoms with Crippen LogP contribution in [0.5, 0.6) is 17.2 Å². The van der Waals surface area contributed by atoms with Gasteiger partial charge in [0.05, 0.1) is 26.2 Å². The van der Waals surface area contributed by atoms with Gasteiger partial charge in [-0.2, -0.15) is 0 Å². The molecule has 0 bridgehead atoms. The number of hydrogen-bond donors (Lipinski definition) is 1. The molecule has 0 heterocycles. The minimum Gasteiger partial charge on any atom is -0.497 e. The van der Waals surface area contributed by atoms with Crippen molar-refractivity contribution in [3.8, 4) is 17.2 Å². The Morgan fingerprint density at radius 3 is 2.36 bits per heavy atom. The third-order valence-electron chi connectivity index (χ3n) is 4.57. The molecule has 0 aliphatic carbocycles. The Bertz CT molecular complexity index is 739. The molecule has 2 rings (SSSR count). The fourth-order valence-electron chi connectivity index (χ4n) is 3.02. The number of hydrogen-bond acceptors (Lipinski definition) is 4. The fraction of sp³-hybridized carbons (Fsp3) is 0.435. The molecule has 2 aromatic carbocycles. The van der Waals surface area contributed by atoms with E-state index in [0.29, 0.717) is 36.9 Å². The largest absolute Gasteiger partial charge is 0.497 e. The van der Waals surface area contributed by atoms with Crippen LogP contribution in [0.2, 0.25) is 0 Å². The van der Waals surface area contributed by atoms with E-state index >= 15 is 0 Å². The van der Waals surface area contributed by atoms with Crippen LogP contribution < -0.4 is 14.2 Å². The molecular formula is C23H30O5. The monoisotopic (exact) mass is 386 g/mol. The highest BCUT2D eigenvalue weighted by atomic mass is 16.5. The van der Waals surface area contributed by atoms with E-state index in [4.69, 9.17) is 14.2 Å². The van der Waals surface area contributed by atoms with Gasteiger partial charge >= 0.3 is 5.97 Å². The molecule has 0 radical (unpaired) electrons. The maximum absolute atomic E-state index is 11.9. The SMILES string of the molecule is CCCCCOc1ccc(CC(C(=O)O)c2ccc(OC)cc2)cc1OCC. The molecule has 0 aliphatic rings. The Hall–Kier alpha value is -2.69. The van der Waals surface area contributed by atoms with Gasteiger partial charge in [-0.25, -0.2) is 0 Å². The van der Waals surface area contributed by atoms with Gasteiger partial charge in [-0.1, -0.05) is 38.0 Å². The summed E-state index contributed by atoms with van der Waals surface area (Å²) in [6.07, 6.45) is 3.65. The first kappa shape index (κ1) is 21.6. The Kier molecular flexibility index (Phi) is 8.66. The molecule has 0 amide bonds. The predicted molar refractivity (Wildman–Crippen MR) is 110 cm³/mol. The summed E-state index contributed by atoms with van der Waals surface area (Å²) in [6, 6.07) is 12.8. The molecule has 28 heavy (non-hydrogen) atoms. The highest BCUT2D eigenvalue weighted by Crippen LogP contribution is 2.31. The van der Waals surface area contributed by atoms with Crippen LogP contribution in [0.4, 0.5) is 0 Å². The summed E-state index contributed by atoms with van der Waals surface area (Å²) < 4.78 is 16.7. The third kappa shape index (κ3) is 6.19. The second-order valence-electron chi connectivity index (χ2n) is 6.64. The highest BCUT2D eigenvalue weighted by molar-refractivity contribution is 5.76. The van der Waals surface area contributed by atoms with Crippen LogP contribution in [-0.4, -0.2) is 31.4 Å². The number of rotatable bonds is 12. The summed E-state index contributed by atoms with van der Waals surface area (Å²) in [5.41, 5.74) is 1.64. The van der Waals surface area contributed by atoms with Crippen molar-refractivity contribution in [2.45, 2.75) is 45.4 Å². The minimum atomic E-state index is -0.858. The van der Waals surface area contributed by atoms with Crippen molar-refractivity contribution in [2.75, 3.05) is 20.3 Å². The minimum absolute atomic E-state index is 0.373. The Balaban J connectivity index is 2.17. The summed E-state index contributed by atoms with van der Waals surface area (Å²) in [4.78, 5) is 11.9. The van der Waals surface area contributed by atoms with E-state index in [2.05, 4.69) is 6.92 Å². The quantitative estimate of drug-likeness (QED) is 0.516. The lowest BCUT2D eigenvalue weighted by atomic mass is 9.92. The molecule has 1 N–H and O–H groups in total. The highest BCUT2D eigenvalue weighted by Gasteiger charge is 2.21. The van der Waals surface area contributed by atoms with Gasteiger partial charge in [0.25, 0.3) is 0 Å². The average molecular weight is 386 g/mol. The number of aliphatic carboxylic acids is 1. The Labute approximate surface area is 167 Å². The second kappa shape index (κ2) is 11.2. The Morgan fingerprint density at radius 1 is 1.00 bits per heavy atom. The van der Waals surface area contributed by atoms with Crippen molar-refractivity contribution < 1.29 is 24.1 Å². The number of benzene rings is 2. The van der Waals surface area contributed by atoms with Crippen molar-refractivity contribution in [3.63, 3.8) is 0 Å². The van der Waals surface area contributed by atoms with Gasteiger partial charge in [0.15, 0.2) is 11.5 Å². The molecule has 0 aromatic heterocycles. The molecule has 152 valence electrons. The number of methoxy groups -OCH3 is 1. The van der Waals surface area contributed by atoms with Gasteiger partial charge < -0.3 is 19.3 Å². The van der Waals surface area contributed by atoms with Gasteiger partial charge in [0, 0.05) is 0 Å². The van der Waals surface area contributed by atoms with Crippen LogP contribution in [0.1, 0.15) is 50.2 Å². The molecule has 0 fully saturated rings. The second-order valence-corrected chi connectivity index (χ2v) is 6.64. The van der Waals surface area contributed by atoms with E-state index in [1.54, 1.807) is 31.4 Å². The van der Waals surface area contributed by atoms with E-state index in [9.17, 15) is 9.90 Å². The zero-order valence-electron chi connectivity index (χ0n) is 16.9. The van der Waals surface area contributed by atoms with Crippen molar-refractivity contribution >= 4 is 5.97 Å². The summed E-state index contributed by atoms with van der Waals surface area (Å²) in [5, 5.41) is 9.72. The van der Waals surface area contributed by atoms with Crippen LogP contribution >= 0.6 is 0 Å². The van der Waals surface area contributed by atoms with Crippen molar-refractivity contribution in [1.82, 2.24) is 0 Å². The topological polar surface area (TPSA) is 65.0 Å². The molecule has 5 heteroatoms. The van der Waals surface area contributed by atoms with Crippen molar-refractivity contribution in [3.05, 3.63) is 53.6 Å². The molecule has 0 saturated carbocycles. The van der Waals surface area contributed by atoms with E-state index in [1.807, 2.05) is 25.1 Å². The van der Waals surface area contributed by atoms with E-state index in [0.717, 1.165) is 30.4 Å². The van der Waals surface area contributed by atoms with E-state index in [1.165, 1.54) is 0 Å². The Morgan fingerprint density at radius 2 is 1.75 bits per heavy atom. The maximum atomic E-state index is 11.9. The van der Waals surface area contributed by atoms with Crippen molar-refractivity contribution in [2.24, 2.45) is 0 Å². The van der Waals surface area contributed by atoms with Gasteiger partial charge in [-0.3, -0.25) is 4.79 Å². The third-order valence-corrected chi connectivity index (χ3v) is 4.57. The standard InChI is InChI=1S/C23H30O5/c1-4-6-7-14-28-21-13-8-17(16-22(21)27-5-2)15-20(23(24)25)18-9-11-19(26-3)12-10-18/h8-13,16,20H,4-7,14-15H2,1-3H3,(H,24,25). The molecule has 0 spiro atoms. The molecule has 1 unspecified atom stereocenters. The molecule has 1 atom stereocenters. The van der Waals surface area contributed by atoms with Gasteiger partial charge in [-0.15, -0.1) is 0 Å². The number of ether oxygens (including phenoxy) is 3. The van der Waals surface area contributed by atoms with Crippen LogP contribution in [0.3, 0.4) is 0 Å². The van der Waals surface area contributed by atoms with E-state index in [-0.39, 0.29) is 0 Å². The zero-order valence-corrected chi connectivity index (χ0v) is 16.9. The molecule has 5 nitrogen and oxygen atoms in total. The predicted octanol–water partition coefficient (Wildman–Crippen LogP) is 5.07. The first-order valence-corrected chi connectivity index (χ1v) is 9.84. The zero-order chi connectivity index (χ0) is 20.4. The lowest BCUT2D eigenvalue weighted by Crippen LogP contribution is -2.14. The van der Waals surface area contributed by atoms with Gasteiger partial charge in [-0.05, 0) is 55.2 Å². The van der Waals surface area contributed by atoms with Crippen LogP contribution in [0, 0.1) is 0 Å². The summed E-state index contributed by atoms with van der Waals surface area (Å²) in [5.74, 6) is 0.573. The lowest BCUT2D eigenvalue weighted by molar-refractivity contribution is -0.138. The molecule has 2 aromatic rings. The summed E-state index contributed by atoms with van der Waals surface area (Å²) in [7, 11) is 1.59. The van der Waals surface area contributed by atoms with E-state index < -0.39 is 11.9 Å². The molecule has 0 saturated heterocycles. The normalized spacial score (nSPS) is 11.7. The smallest absolute Gasteiger partial charge is 0.311 e. The summed E-state index contributed by atoms with van der Waals surface area (Å²) in [6.45, 7) is 5.25. The maximum Gasteiger partial charge on any atom is 0.311 e. The summed E-state index contributed by atoms with van der Waals surface area (Å²) >= 11 is 0. The number of carboxylic acids is 1. The van der Waals surface area contributed by atoms with Crippen LogP contribution in [0.15, 0.2) is 42.5 Å². The van der Waals surface area contributed by atoms with Gasteiger partial charge in [0.1, 0.15) is 5.75 Å². The fourth-order valence-corrected chi connectivity index (χ4v) is 3.02. The average Bonchev–Trinajstić information content (AvgIpc) is 2.71.